The number of aromatic nitrogens is 2. The first-order valence-electron chi connectivity index (χ1n) is 4.29. The maximum absolute atomic E-state index is 10.9. The molecule has 72 valence electrons. The number of pyridine rings is 1. The highest BCUT2D eigenvalue weighted by atomic mass is 16.4. The summed E-state index contributed by atoms with van der Waals surface area (Å²) in [5.41, 5.74) is 2.66. The van der Waals surface area contributed by atoms with Gasteiger partial charge in [0.25, 0.3) is 0 Å². The molecule has 14 heavy (non-hydrogen) atoms. The summed E-state index contributed by atoms with van der Waals surface area (Å²) in [6.45, 7) is 3.73. The molecular weight excluding hydrogens is 180 g/mol. The second-order valence-corrected chi connectivity index (χ2v) is 3.19. The number of rotatable bonds is 1. The van der Waals surface area contributed by atoms with Gasteiger partial charge in [0, 0.05) is 5.69 Å². The molecular formula is C10H10N2O2. The highest BCUT2D eigenvalue weighted by Gasteiger charge is 2.12. The van der Waals surface area contributed by atoms with Gasteiger partial charge in [0.05, 0.1) is 5.69 Å². The molecule has 4 nitrogen and oxygen atoms in total. The van der Waals surface area contributed by atoms with Gasteiger partial charge in [-0.15, -0.1) is 0 Å². The SMILES string of the molecule is Cc1nc2cccc(C(=O)O)n2c1C. The molecule has 0 aliphatic heterocycles. The third kappa shape index (κ3) is 1.08. The molecule has 0 amide bonds. The third-order valence-corrected chi connectivity index (χ3v) is 2.33. The predicted molar refractivity (Wildman–Crippen MR) is 51.6 cm³/mol. The summed E-state index contributed by atoms with van der Waals surface area (Å²) in [6.07, 6.45) is 0. The van der Waals surface area contributed by atoms with Crippen molar-refractivity contribution in [2.45, 2.75) is 13.8 Å². The molecule has 2 aromatic rings. The van der Waals surface area contributed by atoms with Crippen molar-refractivity contribution < 1.29 is 9.90 Å². The Hall–Kier alpha value is -1.84. The van der Waals surface area contributed by atoms with Gasteiger partial charge in [-0.3, -0.25) is 4.40 Å². The predicted octanol–water partition coefficient (Wildman–Crippen LogP) is 1.65. The fraction of sp³-hybridized carbons (Fsp3) is 0.200. The number of hydrogen-bond donors (Lipinski definition) is 1. The van der Waals surface area contributed by atoms with Crippen molar-refractivity contribution in [2.24, 2.45) is 0 Å². The zero-order valence-corrected chi connectivity index (χ0v) is 7.98. The number of carboxylic acid groups (broad SMARTS) is 1. The van der Waals surface area contributed by atoms with Crippen LogP contribution in [0.1, 0.15) is 21.9 Å². The van der Waals surface area contributed by atoms with E-state index in [1.807, 2.05) is 13.8 Å². The van der Waals surface area contributed by atoms with Crippen LogP contribution in [0, 0.1) is 13.8 Å². The molecule has 0 aliphatic carbocycles. The lowest BCUT2D eigenvalue weighted by Crippen LogP contribution is -2.05. The molecule has 2 heterocycles. The molecule has 0 aliphatic rings. The molecule has 0 spiro atoms. The normalized spacial score (nSPS) is 10.7. The van der Waals surface area contributed by atoms with E-state index >= 15 is 0 Å². The zero-order chi connectivity index (χ0) is 10.3. The van der Waals surface area contributed by atoms with Crippen molar-refractivity contribution in [3.8, 4) is 0 Å². The van der Waals surface area contributed by atoms with E-state index in [0.717, 1.165) is 11.4 Å². The van der Waals surface area contributed by atoms with Crippen LogP contribution in [0.2, 0.25) is 0 Å². The number of fused-ring (bicyclic) bond motifs is 1. The fourth-order valence-electron chi connectivity index (χ4n) is 1.52. The van der Waals surface area contributed by atoms with E-state index in [1.54, 1.807) is 22.6 Å². The number of carboxylic acids is 1. The molecule has 0 aromatic carbocycles. The van der Waals surface area contributed by atoms with Crippen molar-refractivity contribution in [3.63, 3.8) is 0 Å². The summed E-state index contributed by atoms with van der Waals surface area (Å²) in [5, 5.41) is 8.97. The van der Waals surface area contributed by atoms with E-state index in [9.17, 15) is 4.79 Å². The molecule has 0 saturated carbocycles. The second kappa shape index (κ2) is 2.83. The van der Waals surface area contributed by atoms with E-state index in [1.165, 1.54) is 0 Å². The number of aromatic carboxylic acids is 1. The lowest BCUT2D eigenvalue weighted by atomic mass is 10.3. The van der Waals surface area contributed by atoms with Crippen molar-refractivity contribution in [1.29, 1.82) is 0 Å². The standard InChI is InChI=1S/C10H10N2O2/c1-6-7(2)12-8(10(13)14)4-3-5-9(12)11-6/h3-5H,1-2H3,(H,13,14). The zero-order valence-electron chi connectivity index (χ0n) is 7.98. The molecule has 0 atom stereocenters. The maximum atomic E-state index is 10.9. The number of imidazole rings is 1. The van der Waals surface area contributed by atoms with Crippen molar-refractivity contribution in [3.05, 3.63) is 35.3 Å². The van der Waals surface area contributed by atoms with Crippen LogP contribution >= 0.6 is 0 Å². The smallest absolute Gasteiger partial charge is 0.352 e. The molecule has 0 fully saturated rings. The Kier molecular flexibility index (Phi) is 1.77. The molecule has 2 aromatic heterocycles. The summed E-state index contributed by atoms with van der Waals surface area (Å²) in [7, 11) is 0. The van der Waals surface area contributed by atoms with Crippen LogP contribution in [0.15, 0.2) is 18.2 Å². The van der Waals surface area contributed by atoms with Crippen LogP contribution in [-0.2, 0) is 0 Å². The highest BCUT2D eigenvalue weighted by molar-refractivity contribution is 5.86. The molecule has 0 unspecified atom stereocenters. The Bertz CT molecular complexity index is 514. The molecule has 4 heteroatoms. The van der Waals surface area contributed by atoms with Crippen molar-refractivity contribution in [2.75, 3.05) is 0 Å². The number of carbonyl (C=O) groups is 1. The van der Waals surface area contributed by atoms with Crippen LogP contribution in [0.4, 0.5) is 0 Å². The van der Waals surface area contributed by atoms with Crippen molar-refractivity contribution in [1.82, 2.24) is 9.38 Å². The van der Waals surface area contributed by atoms with Crippen LogP contribution in [0.3, 0.4) is 0 Å². The van der Waals surface area contributed by atoms with E-state index < -0.39 is 5.97 Å². The number of aryl methyl sites for hydroxylation is 2. The van der Waals surface area contributed by atoms with Crippen LogP contribution in [-0.4, -0.2) is 20.5 Å². The number of hydrogen-bond acceptors (Lipinski definition) is 2. The molecule has 0 radical (unpaired) electrons. The lowest BCUT2D eigenvalue weighted by Gasteiger charge is -2.01. The Morgan fingerprint density at radius 2 is 2.14 bits per heavy atom. The maximum Gasteiger partial charge on any atom is 0.352 e. The Balaban J connectivity index is 2.91. The summed E-state index contributed by atoms with van der Waals surface area (Å²) in [5.74, 6) is -0.934. The average molecular weight is 190 g/mol. The minimum Gasteiger partial charge on any atom is -0.477 e. The first kappa shape index (κ1) is 8.74. The van der Waals surface area contributed by atoms with Gasteiger partial charge in [-0.05, 0) is 26.0 Å². The monoisotopic (exact) mass is 190 g/mol. The van der Waals surface area contributed by atoms with Crippen LogP contribution in [0.25, 0.3) is 5.65 Å². The molecule has 2 rings (SSSR count). The number of nitrogens with zero attached hydrogens (tertiary/aromatic N) is 2. The minimum absolute atomic E-state index is 0.251. The lowest BCUT2D eigenvalue weighted by molar-refractivity contribution is 0.0688. The first-order chi connectivity index (χ1) is 6.61. The molecule has 0 bridgehead atoms. The summed E-state index contributed by atoms with van der Waals surface area (Å²) in [6, 6.07) is 5.07. The molecule has 0 saturated heterocycles. The van der Waals surface area contributed by atoms with E-state index in [-0.39, 0.29) is 5.69 Å². The fourth-order valence-corrected chi connectivity index (χ4v) is 1.52. The van der Waals surface area contributed by atoms with Crippen LogP contribution in [0.5, 0.6) is 0 Å². The van der Waals surface area contributed by atoms with Gasteiger partial charge >= 0.3 is 5.97 Å². The van der Waals surface area contributed by atoms with Gasteiger partial charge in [0.2, 0.25) is 0 Å². The summed E-state index contributed by atoms with van der Waals surface area (Å²) < 4.78 is 1.65. The Labute approximate surface area is 80.8 Å². The quantitative estimate of drug-likeness (QED) is 0.743. The van der Waals surface area contributed by atoms with Gasteiger partial charge in [-0.2, -0.15) is 0 Å². The van der Waals surface area contributed by atoms with Crippen molar-refractivity contribution >= 4 is 11.6 Å². The van der Waals surface area contributed by atoms with E-state index in [2.05, 4.69) is 4.98 Å². The highest BCUT2D eigenvalue weighted by Crippen LogP contribution is 2.13. The Morgan fingerprint density at radius 1 is 1.43 bits per heavy atom. The third-order valence-electron chi connectivity index (χ3n) is 2.33. The molecule has 1 N–H and O–H groups in total. The second-order valence-electron chi connectivity index (χ2n) is 3.19. The van der Waals surface area contributed by atoms with Crippen LogP contribution < -0.4 is 0 Å². The first-order valence-corrected chi connectivity index (χ1v) is 4.29. The van der Waals surface area contributed by atoms with E-state index in [4.69, 9.17) is 5.11 Å². The Morgan fingerprint density at radius 3 is 2.79 bits per heavy atom. The summed E-state index contributed by atoms with van der Waals surface area (Å²) >= 11 is 0. The average Bonchev–Trinajstić information content (AvgIpc) is 2.43. The topological polar surface area (TPSA) is 54.6 Å². The van der Waals surface area contributed by atoms with Gasteiger partial charge in [-0.25, -0.2) is 9.78 Å². The van der Waals surface area contributed by atoms with Gasteiger partial charge < -0.3 is 5.11 Å². The largest absolute Gasteiger partial charge is 0.477 e. The van der Waals surface area contributed by atoms with Gasteiger partial charge in [0.1, 0.15) is 11.3 Å². The van der Waals surface area contributed by atoms with E-state index in [0.29, 0.717) is 5.65 Å². The van der Waals surface area contributed by atoms with Gasteiger partial charge in [-0.1, -0.05) is 6.07 Å². The summed E-state index contributed by atoms with van der Waals surface area (Å²) in [4.78, 5) is 15.2. The van der Waals surface area contributed by atoms with Gasteiger partial charge in [0.15, 0.2) is 0 Å². The minimum atomic E-state index is -0.934.